The standard InChI is InChI=1S/C15H11Cl2N3O/c16-12-2-1-3-13(17)11(12)7-18-9-4-5-14-10(6-9)15(21)20-8-19-14/h1-6,8,18H,7H2,(H,19,20,21). The Morgan fingerprint density at radius 3 is 2.67 bits per heavy atom. The number of anilines is 1. The highest BCUT2D eigenvalue weighted by molar-refractivity contribution is 6.36. The van der Waals surface area contributed by atoms with E-state index in [4.69, 9.17) is 23.2 Å². The fourth-order valence-corrected chi connectivity index (χ4v) is 2.60. The van der Waals surface area contributed by atoms with E-state index in [0.29, 0.717) is 27.5 Å². The van der Waals surface area contributed by atoms with Crippen LogP contribution in [-0.2, 0) is 6.54 Å². The van der Waals surface area contributed by atoms with E-state index in [1.165, 1.54) is 6.33 Å². The second-order valence-electron chi connectivity index (χ2n) is 4.52. The van der Waals surface area contributed by atoms with Crippen molar-refractivity contribution in [3.05, 3.63) is 68.7 Å². The van der Waals surface area contributed by atoms with Crippen LogP contribution in [0.2, 0.25) is 10.0 Å². The third-order valence-corrected chi connectivity index (χ3v) is 3.88. The van der Waals surface area contributed by atoms with Crippen LogP contribution in [0.3, 0.4) is 0 Å². The Kier molecular flexibility index (Phi) is 3.82. The third-order valence-electron chi connectivity index (χ3n) is 3.17. The van der Waals surface area contributed by atoms with Gasteiger partial charge in [-0.2, -0.15) is 0 Å². The largest absolute Gasteiger partial charge is 0.381 e. The number of nitrogens with one attached hydrogen (secondary N) is 2. The molecule has 4 nitrogen and oxygen atoms in total. The number of hydrogen-bond donors (Lipinski definition) is 2. The van der Waals surface area contributed by atoms with Crippen LogP contribution in [0.5, 0.6) is 0 Å². The van der Waals surface area contributed by atoms with Crippen molar-refractivity contribution >= 4 is 39.8 Å². The van der Waals surface area contributed by atoms with Gasteiger partial charge in [-0.3, -0.25) is 4.79 Å². The number of aromatic nitrogens is 2. The number of benzene rings is 2. The van der Waals surface area contributed by atoms with Gasteiger partial charge in [-0.15, -0.1) is 0 Å². The van der Waals surface area contributed by atoms with Gasteiger partial charge in [0, 0.05) is 27.8 Å². The molecule has 106 valence electrons. The van der Waals surface area contributed by atoms with Crippen LogP contribution in [0.25, 0.3) is 10.9 Å². The lowest BCUT2D eigenvalue weighted by atomic mass is 10.2. The Bertz CT molecular complexity index is 841. The summed E-state index contributed by atoms with van der Waals surface area (Å²) in [7, 11) is 0. The number of nitrogens with zero attached hydrogens (tertiary/aromatic N) is 1. The summed E-state index contributed by atoms with van der Waals surface area (Å²) in [5, 5.41) is 4.96. The number of aromatic amines is 1. The summed E-state index contributed by atoms with van der Waals surface area (Å²) in [6.45, 7) is 0.474. The molecule has 0 aliphatic carbocycles. The summed E-state index contributed by atoms with van der Waals surface area (Å²) in [4.78, 5) is 18.4. The maximum Gasteiger partial charge on any atom is 0.258 e. The molecule has 0 spiro atoms. The van der Waals surface area contributed by atoms with E-state index in [1.807, 2.05) is 6.07 Å². The molecule has 0 saturated heterocycles. The van der Waals surface area contributed by atoms with E-state index in [2.05, 4.69) is 15.3 Å². The summed E-state index contributed by atoms with van der Waals surface area (Å²) in [5.41, 5.74) is 2.11. The maximum atomic E-state index is 11.7. The average Bonchev–Trinajstić information content (AvgIpc) is 2.47. The number of H-pyrrole nitrogens is 1. The first kappa shape index (κ1) is 13.9. The minimum atomic E-state index is -0.167. The Balaban J connectivity index is 1.89. The van der Waals surface area contributed by atoms with Gasteiger partial charge < -0.3 is 10.3 Å². The lowest BCUT2D eigenvalue weighted by Crippen LogP contribution is -2.07. The van der Waals surface area contributed by atoms with Crippen molar-refractivity contribution in [1.82, 2.24) is 9.97 Å². The zero-order valence-electron chi connectivity index (χ0n) is 10.9. The summed E-state index contributed by atoms with van der Waals surface area (Å²) in [6, 6.07) is 10.8. The lowest BCUT2D eigenvalue weighted by molar-refractivity contribution is 1.14. The van der Waals surface area contributed by atoms with E-state index in [-0.39, 0.29) is 5.56 Å². The van der Waals surface area contributed by atoms with E-state index < -0.39 is 0 Å². The topological polar surface area (TPSA) is 57.8 Å². The van der Waals surface area contributed by atoms with Crippen molar-refractivity contribution in [1.29, 1.82) is 0 Å². The lowest BCUT2D eigenvalue weighted by Gasteiger charge is -2.10. The summed E-state index contributed by atoms with van der Waals surface area (Å²) in [6.07, 6.45) is 1.39. The highest BCUT2D eigenvalue weighted by Crippen LogP contribution is 2.25. The Hall–Kier alpha value is -2.04. The highest BCUT2D eigenvalue weighted by atomic mass is 35.5. The first-order chi connectivity index (χ1) is 10.1. The van der Waals surface area contributed by atoms with Crippen molar-refractivity contribution in [2.75, 3.05) is 5.32 Å². The molecule has 0 fully saturated rings. The Labute approximate surface area is 130 Å². The molecule has 3 rings (SSSR count). The van der Waals surface area contributed by atoms with Gasteiger partial charge in [0.15, 0.2) is 0 Å². The summed E-state index contributed by atoms with van der Waals surface area (Å²) < 4.78 is 0. The molecular formula is C15H11Cl2N3O. The van der Waals surface area contributed by atoms with E-state index in [9.17, 15) is 4.79 Å². The molecule has 6 heteroatoms. The van der Waals surface area contributed by atoms with Crippen LogP contribution in [0.1, 0.15) is 5.56 Å². The van der Waals surface area contributed by atoms with E-state index >= 15 is 0 Å². The van der Waals surface area contributed by atoms with Gasteiger partial charge in [0.2, 0.25) is 0 Å². The van der Waals surface area contributed by atoms with Gasteiger partial charge in [-0.05, 0) is 30.3 Å². The molecule has 0 bridgehead atoms. The minimum Gasteiger partial charge on any atom is -0.381 e. The number of hydrogen-bond acceptors (Lipinski definition) is 3. The monoisotopic (exact) mass is 319 g/mol. The zero-order valence-corrected chi connectivity index (χ0v) is 12.4. The third kappa shape index (κ3) is 2.86. The van der Waals surface area contributed by atoms with Crippen LogP contribution in [0, 0.1) is 0 Å². The highest BCUT2D eigenvalue weighted by Gasteiger charge is 2.06. The van der Waals surface area contributed by atoms with Crippen LogP contribution in [-0.4, -0.2) is 9.97 Å². The van der Waals surface area contributed by atoms with Crippen LogP contribution < -0.4 is 10.9 Å². The molecule has 0 amide bonds. The molecular weight excluding hydrogens is 309 g/mol. The fraction of sp³-hybridized carbons (Fsp3) is 0.0667. The molecule has 2 aromatic carbocycles. The van der Waals surface area contributed by atoms with Gasteiger partial charge in [0.05, 0.1) is 17.2 Å². The van der Waals surface area contributed by atoms with Crippen molar-refractivity contribution in [3.8, 4) is 0 Å². The van der Waals surface area contributed by atoms with E-state index in [0.717, 1.165) is 11.3 Å². The van der Waals surface area contributed by atoms with Gasteiger partial charge in [0.25, 0.3) is 5.56 Å². The normalized spacial score (nSPS) is 10.8. The average molecular weight is 320 g/mol. The molecule has 3 aromatic rings. The molecule has 0 unspecified atom stereocenters. The molecule has 0 saturated carbocycles. The Morgan fingerprint density at radius 2 is 1.90 bits per heavy atom. The predicted molar refractivity (Wildman–Crippen MR) is 86.2 cm³/mol. The first-order valence-electron chi connectivity index (χ1n) is 6.29. The molecule has 0 atom stereocenters. The fourth-order valence-electron chi connectivity index (χ4n) is 2.07. The smallest absolute Gasteiger partial charge is 0.258 e. The predicted octanol–water partition coefficient (Wildman–Crippen LogP) is 3.84. The van der Waals surface area contributed by atoms with Gasteiger partial charge in [-0.1, -0.05) is 29.3 Å². The first-order valence-corrected chi connectivity index (χ1v) is 7.05. The van der Waals surface area contributed by atoms with Crippen LogP contribution in [0.4, 0.5) is 5.69 Å². The van der Waals surface area contributed by atoms with E-state index in [1.54, 1.807) is 30.3 Å². The number of rotatable bonds is 3. The second kappa shape index (κ2) is 5.76. The summed E-state index contributed by atoms with van der Waals surface area (Å²) in [5.74, 6) is 0. The molecule has 1 heterocycles. The summed E-state index contributed by atoms with van der Waals surface area (Å²) >= 11 is 12.3. The van der Waals surface area contributed by atoms with Crippen molar-refractivity contribution in [2.45, 2.75) is 6.54 Å². The van der Waals surface area contributed by atoms with Crippen molar-refractivity contribution < 1.29 is 0 Å². The minimum absolute atomic E-state index is 0.167. The molecule has 0 radical (unpaired) electrons. The molecule has 21 heavy (non-hydrogen) atoms. The zero-order chi connectivity index (χ0) is 14.8. The number of halogens is 2. The maximum absolute atomic E-state index is 11.7. The molecule has 1 aromatic heterocycles. The Morgan fingerprint density at radius 1 is 1.14 bits per heavy atom. The molecule has 0 aliphatic rings. The van der Waals surface area contributed by atoms with Crippen molar-refractivity contribution in [3.63, 3.8) is 0 Å². The SMILES string of the molecule is O=c1[nH]cnc2ccc(NCc3c(Cl)cccc3Cl)cc12. The van der Waals surface area contributed by atoms with Gasteiger partial charge in [0.1, 0.15) is 0 Å². The van der Waals surface area contributed by atoms with Crippen LogP contribution in [0.15, 0.2) is 47.5 Å². The van der Waals surface area contributed by atoms with Gasteiger partial charge >= 0.3 is 0 Å². The van der Waals surface area contributed by atoms with Crippen LogP contribution >= 0.6 is 23.2 Å². The van der Waals surface area contributed by atoms with Gasteiger partial charge in [-0.25, -0.2) is 4.98 Å². The number of fused-ring (bicyclic) bond motifs is 1. The molecule has 0 aliphatic heterocycles. The second-order valence-corrected chi connectivity index (χ2v) is 5.33. The quantitative estimate of drug-likeness (QED) is 0.771. The molecule has 2 N–H and O–H groups in total. The van der Waals surface area contributed by atoms with Crippen molar-refractivity contribution in [2.24, 2.45) is 0 Å².